The van der Waals surface area contributed by atoms with Crippen molar-refractivity contribution in [1.82, 2.24) is 4.40 Å². The van der Waals surface area contributed by atoms with Gasteiger partial charge in [0.05, 0.1) is 23.1 Å². The van der Waals surface area contributed by atoms with Crippen molar-refractivity contribution in [3.8, 4) is 22.3 Å². The summed E-state index contributed by atoms with van der Waals surface area (Å²) < 4.78 is 2.44. The average molecular weight is 631 g/mol. The van der Waals surface area contributed by atoms with E-state index in [9.17, 15) is 0 Å². The lowest BCUT2D eigenvalue weighted by molar-refractivity contribution is 0.590. The maximum absolute atomic E-state index is 7.94. The third-order valence-electron chi connectivity index (χ3n) is 10.6. The molecule has 0 spiro atoms. The fourth-order valence-electron chi connectivity index (χ4n) is 7.76. The zero-order valence-corrected chi connectivity index (χ0v) is 28.9. The third kappa shape index (κ3) is 4.61. The second-order valence-corrected chi connectivity index (χ2v) is 15.9. The molecule has 0 aliphatic rings. The Morgan fingerprint density at radius 1 is 0.429 bits per heavy atom. The molecule has 49 heavy (non-hydrogen) atoms. The van der Waals surface area contributed by atoms with Crippen LogP contribution in [0, 0.1) is 6.57 Å². The van der Waals surface area contributed by atoms with E-state index in [1.54, 1.807) is 0 Å². The van der Waals surface area contributed by atoms with Crippen LogP contribution in [-0.2, 0) is 10.8 Å². The standard InChI is InChI=1S/C47H38N2/c1-46(2,3)36-16-12-28(13-17-36)30-8-10-32-22-39-41-26-38(48-7)27-42-40-23-33-11-9-31(29-14-18-37(19-15-29)47(4,5)6)21-35(33)25-44(40)49(45(41)42)43(39)24-34(32)20-30/h8-27H,1-6H3. The Morgan fingerprint density at radius 3 is 1.22 bits per heavy atom. The Labute approximate surface area is 287 Å². The predicted octanol–water partition coefficient (Wildman–Crippen LogP) is 13.6. The number of nitrogens with zero attached hydrogens (tertiary/aromatic N) is 2. The van der Waals surface area contributed by atoms with Gasteiger partial charge in [-0.3, -0.25) is 0 Å². The van der Waals surface area contributed by atoms with Crippen molar-refractivity contribution in [3.63, 3.8) is 0 Å². The molecule has 2 heteroatoms. The van der Waals surface area contributed by atoms with E-state index in [4.69, 9.17) is 6.57 Å². The minimum atomic E-state index is 0.125. The molecular weight excluding hydrogens is 593 g/mol. The van der Waals surface area contributed by atoms with Gasteiger partial charge in [-0.2, -0.15) is 0 Å². The van der Waals surface area contributed by atoms with Crippen molar-refractivity contribution in [2.45, 2.75) is 52.4 Å². The number of hydrogen-bond donors (Lipinski definition) is 0. The highest BCUT2D eigenvalue weighted by Crippen LogP contribution is 2.44. The molecule has 0 N–H and O–H groups in total. The van der Waals surface area contributed by atoms with E-state index in [1.807, 2.05) is 0 Å². The van der Waals surface area contributed by atoms with Crippen LogP contribution in [0.15, 0.2) is 121 Å². The smallest absolute Gasteiger partial charge is 0.188 e. The number of rotatable bonds is 2. The molecule has 2 nitrogen and oxygen atoms in total. The van der Waals surface area contributed by atoms with Gasteiger partial charge in [0.1, 0.15) is 0 Å². The predicted molar refractivity (Wildman–Crippen MR) is 211 cm³/mol. The zero-order valence-electron chi connectivity index (χ0n) is 28.9. The largest absolute Gasteiger partial charge is 0.308 e. The van der Waals surface area contributed by atoms with Crippen molar-refractivity contribution in [3.05, 3.63) is 144 Å². The highest BCUT2D eigenvalue weighted by atomic mass is 14.9. The normalized spacial score (nSPS) is 12.7. The van der Waals surface area contributed by atoms with E-state index in [0.717, 1.165) is 10.8 Å². The molecule has 2 aromatic heterocycles. The van der Waals surface area contributed by atoms with E-state index in [-0.39, 0.29) is 10.8 Å². The summed E-state index contributed by atoms with van der Waals surface area (Å²) in [5.41, 5.74) is 12.0. The van der Waals surface area contributed by atoms with Crippen LogP contribution in [-0.4, -0.2) is 4.40 Å². The Balaban J connectivity index is 1.26. The van der Waals surface area contributed by atoms with Crippen molar-refractivity contribution < 1.29 is 0 Å². The molecule has 2 heterocycles. The number of hydrogen-bond acceptors (Lipinski definition) is 0. The molecule has 0 saturated heterocycles. The van der Waals surface area contributed by atoms with E-state index < -0.39 is 0 Å². The van der Waals surface area contributed by atoms with E-state index >= 15 is 0 Å². The first-order valence-corrected chi connectivity index (χ1v) is 17.2. The average Bonchev–Trinajstić information content (AvgIpc) is 3.58. The van der Waals surface area contributed by atoms with Gasteiger partial charge >= 0.3 is 0 Å². The van der Waals surface area contributed by atoms with Gasteiger partial charge in [0.25, 0.3) is 0 Å². The summed E-state index contributed by atoms with van der Waals surface area (Å²) in [5.74, 6) is 0. The fraction of sp³-hybridized carbons (Fsp3) is 0.170. The Kier molecular flexibility index (Phi) is 6.12. The second kappa shape index (κ2) is 10.2. The number of aromatic nitrogens is 1. The molecule has 0 amide bonds. The highest BCUT2D eigenvalue weighted by Gasteiger charge is 2.20. The maximum atomic E-state index is 7.94. The highest BCUT2D eigenvalue weighted by molar-refractivity contribution is 6.27. The molecule has 0 aliphatic carbocycles. The first-order chi connectivity index (χ1) is 23.5. The quantitative estimate of drug-likeness (QED) is 0.168. The molecule has 9 rings (SSSR count). The summed E-state index contributed by atoms with van der Waals surface area (Å²) in [6, 6.07) is 45.1. The Morgan fingerprint density at radius 2 is 0.837 bits per heavy atom. The SMILES string of the molecule is [C-]#[N+]c1cc2c3cc4ccc(-c5ccc(C(C)(C)C)cc5)cc4cc3n3c4cc5cc(-c6ccc(C(C)(C)C)cc6)ccc5cc4c(c1)c23. The molecule has 7 aromatic carbocycles. The van der Waals surface area contributed by atoms with Gasteiger partial charge in [0.2, 0.25) is 0 Å². The van der Waals surface area contributed by atoms with Crippen LogP contribution in [0.1, 0.15) is 52.7 Å². The number of fused-ring (bicyclic) bond motifs is 8. The monoisotopic (exact) mass is 630 g/mol. The van der Waals surface area contributed by atoms with Crippen LogP contribution < -0.4 is 0 Å². The zero-order chi connectivity index (χ0) is 33.8. The van der Waals surface area contributed by atoms with Crippen molar-refractivity contribution in [1.29, 1.82) is 0 Å². The van der Waals surface area contributed by atoms with Crippen molar-refractivity contribution in [2.75, 3.05) is 0 Å². The van der Waals surface area contributed by atoms with Gasteiger partial charge in [0, 0.05) is 10.8 Å². The first-order valence-electron chi connectivity index (χ1n) is 17.2. The minimum absolute atomic E-state index is 0.125. The summed E-state index contributed by atoms with van der Waals surface area (Å²) in [6.07, 6.45) is 0. The van der Waals surface area contributed by atoms with Crippen LogP contribution in [0.25, 0.3) is 86.7 Å². The first kappa shape index (κ1) is 29.5. The fourth-order valence-corrected chi connectivity index (χ4v) is 7.76. The lowest BCUT2D eigenvalue weighted by atomic mass is 9.86. The van der Waals surface area contributed by atoms with Gasteiger partial charge in [-0.05, 0) is 125 Å². The van der Waals surface area contributed by atoms with Crippen molar-refractivity contribution in [2.24, 2.45) is 0 Å². The van der Waals surface area contributed by atoms with E-state index in [0.29, 0.717) is 5.69 Å². The molecule has 0 radical (unpaired) electrons. The molecule has 0 atom stereocenters. The van der Waals surface area contributed by atoms with Crippen LogP contribution in [0.5, 0.6) is 0 Å². The van der Waals surface area contributed by atoms with Gasteiger partial charge in [-0.25, -0.2) is 4.85 Å². The van der Waals surface area contributed by atoms with Gasteiger partial charge < -0.3 is 4.40 Å². The summed E-state index contributed by atoms with van der Waals surface area (Å²) >= 11 is 0. The van der Waals surface area contributed by atoms with Crippen LogP contribution in [0.4, 0.5) is 5.69 Å². The topological polar surface area (TPSA) is 8.77 Å². The van der Waals surface area contributed by atoms with E-state index in [2.05, 4.69) is 172 Å². The van der Waals surface area contributed by atoms with Gasteiger partial charge in [-0.1, -0.05) is 114 Å². The summed E-state index contributed by atoms with van der Waals surface area (Å²) in [5, 5.41) is 9.50. The van der Waals surface area contributed by atoms with Crippen molar-refractivity contribution >= 4 is 65.3 Å². The van der Waals surface area contributed by atoms with E-state index in [1.165, 1.54) is 82.2 Å². The Hall–Kier alpha value is -5.65. The molecule has 236 valence electrons. The molecule has 0 saturated carbocycles. The number of benzene rings is 7. The summed E-state index contributed by atoms with van der Waals surface area (Å²) in [6.45, 7) is 21.5. The lowest BCUT2D eigenvalue weighted by Gasteiger charge is -2.19. The lowest BCUT2D eigenvalue weighted by Crippen LogP contribution is -2.10. The van der Waals surface area contributed by atoms with Gasteiger partial charge in [0.15, 0.2) is 5.69 Å². The summed E-state index contributed by atoms with van der Waals surface area (Å²) in [7, 11) is 0. The van der Waals surface area contributed by atoms with Gasteiger partial charge in [-0.15, -0.1) is 0 Å². The third-order valence-corrected chi connectivity index (χ3v) is 10.6. The maximum Gasteiger partial charge on any atom is 0.188 e. The molecule has 0 fully saturated rings. The molecular formula is C47H38N2. The second-order valence-electron chi connectivity index (χ2n) is 15.9. The van der Waals surface area contributed by atoms with Crippen LogP contribution in [0.2, 0.25) is 0 Å². The summed E-state index contributed by atoms with van der Waals surface area (Å²) in [4.78, 5) is 3.91. The Bertz CT molecular complexity index is 2620. The minimum Gasteiger partial charge on any atom is -0.308 e. The van der Waals surface area contributed by atoms with Crippen LogP contribution in [0.3, 0.4) is 0 Å². The molecule has 9 aromatic rings. The van der Waals surface area contributed by atoms with Crippen LogP contribution >= 0.6 is 0 Å². The molecule has 0 bridgehead atoms. The molecule has 0 aliphatic heterocycles. The molecule has 0 unspecified atom stereocenters.